The van der Waals surface area contributed by atoms with Gasteiger partial charge in [-0.25, -0.2) is 9.97 Å². The number of nitrogens with one attached hydrogen (secondary N) is 2. The molecular formula is C37H52ClN5O4Si2. The third kappa shape index (κ3) is 9.59. The van der Waals surface area contributed by atoms with E-state index in [1.165, 1.54) is 6.33 Å². The number of fused-ring (bicyclic) bond motifs is 1. The fourth-order valence-electron chi connectivity index (χ4n) is 5.42. The van der Waals surface area contributed by atoms with Crippen LogP contribution in [0.15, 0.2) is 61.1 Å². The number of ketones is 1. The summed E-state index contributed by atoms with van der Waals surface area (Å²) in [6.07, 6.45) is 5.18. The third-order valence-corrected chi connectivity index (χ3v) is 16.1. The summed E-state index contributed by atoms with van der Waals surface area (Å²) in [6, 6.07) is 16.3. The van der Waals surface area contributed by atoms with Crippen LogP contribution in [0, 0.1) is 0 Å². The van der Waals surface area contributed by atoms with Gasteiger partial charge in [0, 0.05) is 37.8 Å². The summed E-state index contributed by atoms with van der Waals surface area (Å²) in [4.78, 5) is 23.5. The lowest BCUT2D eigenvalue weighted by Crippen LogP contribution is -2.44. The molecule has 2 N–H and O–H groups in total. The standard InChI is InChI=1S/C37H52ClN5O4Si2/c1-37(2,3)49(7,8)47-23-29-16-14-28(22-46-29)42-35-33-31(21-43(36(33)40-24-39-35)25-45-18-19-48(4,5)6)34(44)30-17-15-27(20-32(30)38)41-26-12-10-9-11-13-26/h9-13,15,17,20-21,24,28-29,41H,14,16,18-19,22-23,25H2,1-8H3,(H,39,40,42)/t28-,29+/m1/s1. The van der Waals surface area contributed by atoms with Crippen molar-refractivity contribution >= 4 is 62.0 Å². The highest BCUT2D eigenvalue weighted by atomic mass is 35.5. The average molecular weight is 722 g/mol. The van der Waals surface area contributed by atoms with Crippen LogP contribution in [-0.2, 0) is 20.6 Å². The minimum Gasteiger partial charge on any atom is -0.414 e. The van der Waals surface area contributed by atoms with Gasteiger partial charge in [-0.1, -0.05) is 70.2 Å². The number of hydrogen-bond acceptors (Lipinski definition) is 8. The van der Waals surface area contributed by atoms with E-state index in [-0.39, 0.29) is 29.7 Å². The smallest absolute Gasteiger partial charge is 0.196 e. The van der Waals surface area contributed by atoms with Gasteiger partial charge in [0.05, 0.1) is 41.3 Å². The zero-order chi connectivity index (χ0) is 35.4. The number of ether oxygens (including phenoxy) is 2. The Morgan fingerprint density at radius 1 is 1.02 bits per heavy atom. The lowest BCUT2D eigenvalue weighted by molar-refractivity contribution is -0.0193. The molecular weight excluding hydrogens is 670 g/mol. The first-order valence-electron chi connectivity index (χ1n) is 17.2. The quantitative estimate of drug-likeness (QED) is 0.0755. The van der Waals surface area contributed by atoms with Gasteiger partial charge in [0.2, 0.25) is 0 Å². The van der Waals surface area contributed by atoms with E-state index in [1.807, 2.05) is 47.2 Å². The van der Waals surface area contributed by atoms with Crippen LogP contribution in [0.3, 0.4) is 0 Å². The molecule has 1 saturated heterocycles. The lowest BCUT2D eigenvalue weighted by atomic mass is 10.0. The van der Waals surface area contributed by atoms with Crippen LogP contribution in [0.4, 0.5) is 17.2 Å². The molecule has 0 saturated carbocycles. The van der Waals surface area contributed by atoms with Gasteiger partial charge in [0.15, 0.2) is 14.1 Å². The lowest BCUT2D eigenvalue weighted by Gasteiger charge is -2.38. The number of anilines is 3. The van der Waals surface area contributed by atoms with Gasteiger partial charge in [0.25, 0.3) is 0 Å². The molecule has 1 aliphatic heterocycles. The van der Waals surface area contributed by atoms with Crippen molar-refractivity contribution in [1.29, 1.82) is 0 Å². The van der Waals surface area contributed by atoms with E-state index in [2.05, 4.69) is 74.1 Å². The summed E-state index contributed by atoms with van der Waals surface area (Å²) in [6.45, 7) is 20.3. The molecule has 9 nitrogen and oxygen atoms in total. The molecule has 2 aromatic heterocycles. The van der Waals surface area contributed by atoms with Crippen molar-refractivity contribution in [2.24, 2.45) is 0 Å². The number of hydrogen-bond donors (Lipinski definition) is 2. The molecule has 0 unspecified atom stereocenters. The number of aromatic nitrogens is 3. The predicted molar refractivity (Wildman–Crippen MR) is 206 cm³/mol. The van der Waals surface area contributed by atoms with Gasteiger partial charge < -0.3 is 29.1 Å². The SMILES string of the molecule is CC(C)(C)[Si](C)(C)OC[C@@H]1CC[C@@H](Nc2ncnc3c2c(C(=O)c2ccc(Nc4ccccc4)cc2Cl)cn3COCC[Si](C)(C)C)CO1. The van der Waals surface area contributed by atoms with Crippen molar-refractivity contribution in [3.8, 4) is 0 Å². The summed E-state index contributed by atoms with van der Waals surface area (Å²) in [7, 11) is -3.12. The van der Waals surface area contributed by atoms with Gasteiger partial charge in [-0.2, -0.15) is 0 Å². The van der Waals surface area contributed by atoms with Crippen molar-refractivity contribution < 1.29 is 18.7 Å². The first kappa shape index (κ1) is 37.2. The Morgan fingerprint density at radius 2 is 1.78 bits per heavy atom. The number of halogens is 1. The normalized spacial score (nSPS) is 17.3. The number of rotatable bonds is 14. The fraction of sp³-hybridized carbons (Fsp3) is 0.486. The Hall–Kier alpha value is -3.07. The number of carbonyl (C=O) groups is 1. The van der Waals surface area contributed by atoms with E-state index >= 15 is 0 Å². The second-order valence-corrected chi connectivity index (χ2v) is 26.6. The van der Waals surface area contributed by atoms with Crippen LogP contribution in [0.1, 0.15) is 49.5 Å². The molecule has 1 fully saturated rings. The molecule has 0 amide bonds. The molecule has 0 bridgehead atoms. The van der Waals surface area contributed by atoms with Crippen LogP contribution in [0.25, 0.3) is 11.0 Å². The van der Waals surface area contributed by atoms with E-state index in [0.29, 0.717) is 52.8 Å². The second kappa shape index (κ2) is 15.4. The van der Waals surface area contributed by atoms with E-state index in [4.69, 9.17) is 25.5 Å². The van der Waals surface area contributed by atoms with Crippen molar-refractivity contribution in [1.82, 2.24) is 14.5 Å². The molecule has 49 heavy (non-hydrogen) atoms. The molecule has 0 radical (unpaired) electrons. The maximum absolute atomic E-state index is 14.3. The summed E-state index contributed by atoms with van der Waals surface area (Å²) in [5.41, 5.74) is 3.23. The monoisotopic (exact) mass is 721 g/mol. The Labute approximate surface area is 298 Å². The van der Waals surface area contributed by atoms with Crippen molar-refractivity contribution in [2.45, 2.75) is 96.3 Å². The van der Waals surface area contributed by atoms with Crippen molar-refractivity contribution in [3.05, 3.63) is 77.2 Å². The number of para-hydroxylation sites is 1. The summed E-state index contributed by atoms with van der Waals surface area (Å²) in [5, 5.41) is 8.09. The van der Waals surface area contributed by atoms with Crippen LogP contribution in [-0.4, -0.2) is 68.7 Å². The fourth-order valence-corrected chi connectivity index (χ4v) is 7.48. The van der Waals surface area contributed by atoms with Gasteiger partial charge >= 0.3 is 0 Å². The Morgan fingerprint density at radius 3 is 2.43 bits per heavy atom. The minimum absolute atomic E-state index is 0.0217. The van der Waals surface area contributed by atoms with Gasteiger partial charge in [-0.15, -0.1) is 0 Å². The van der Waals surface area contributed by atoms with Gasteiger partial charge in [0.1, 0.15) is 24.5 Å². The molecule has 4 aromatic rings. The molecule has 2 aromatic carbocycles. The molecule has 12 heteroatoms. The van der Waals surface area contributed by atoms with E-state index < -0.39 is 16.4 Å². The van der Waals surface area contributed by atoms with Crippen LogP contribution in [0.2, 0.25) is 48.8 Å². The van der Waals surface area contributed by atoms with Gasteiger partial charge in [-0.3, -0.25) is 4.79 Å². The summed E-state index contributed by atoms with van der Waals surface area (Å²) >= 11 is 6.77. The zero-order valence-electron chi connectivity index (χ0n) is 30.2. The number of nitrogens with zero attached hydrogens (tertiary/aromatic N) is 3. The minimum atomic E-state index is -1.86. The number of carbonyl (C=O) groups excluding carboxylic acids is 1. The average Bonchev–Trinajstić information content (AvgIpc) is 3.42. The van der Waals surface area contributed by atoms with Crippen LogP contribution < -0.4 is 10.6 Å². The Balaban J connectivity index is 1.37. The molecule has 0 aliphatic carbocycles. The summed E-state index contributed by atoms with van der Waals surface area (Å²) < 4.78 is 20.7. The largest absolute Gasteiger partial charge is 0.414 e. The van der Waals surface area contributed by atoms with E-state index in [9.17, 15) is 4.79 Å². The molecule has 0 spiro atoms. The second-order valence-electron chi connectivity index (χ2n) is 15.7. The Bertz CT molecular complexity index is 1730. The first-order chi connectivity index (χ1) is 23.1. The predicted octanol–water partition coefficient (Wildman–Crippen LogP) is 9.35. The maximum Gasteiger partial charge on any atom is 0.196 e. The van der Waals surface area contributed by atoms with Gasteiger partial charge in [-0.05, 0) is 67.3 Å². The Kier molecular flexibility index (Phi) is 11.7. The van der Waals surface area contributed by atoms with Crippen LogP contribution in [0.5, 0.6) is 0 Å². The van der Waals surface area contributed by atoms with Crippen molar-refractivity contribution in [2.75, 3.05) is 30.5 Å². The highest BCUT2D eigenvalue weighted by Crippen LogP contribution is 2.37. The van der Waals surface area contributed by atoms with Crippen molar-refractivity contribution in [3.63, 3.8) is 0 Å². The first-order valence-corrected chi connectivity index (χ1v) is 24.2. The molecule has 264 valence electrons. The third-order valence-electron chi connectivity index (χ3n) is 9.55. The zero-order valence-corrected chi connectivity index (χ0v) is 33.0. The maximum atomic E-state index is 14.3. The highest BCUT2D eigenvalue weighted by Gasteiger charge is 2.38. The van der Waals surface area contributed by atoms with Crippen LogP contribution >= 0.6 is 11.6 Å². The molecule has 2 atom stereocenters. The number of benzene rings is 2. The van der Waals surface area contributed by atoms with E-state index in [0.717, 1.165) is 30.3 Å². The molecule has 3 heterocycles. The molecule has 1 aliphatic rings. The highest BCUT2D eigenvalue weighted by molar-refractivity contribution is 6.76. The topological polar surface area (TPSA) is 99.5 Å². The summed E-state index contributed by atoms with van der Waals surface area (Å²) in [5.74, 6) is 0.389. The van der Waals surface area contributed by atoms with E-state index in [1.54, 1.807) is 12.1 Å². The molecule has 5 rings (SSSR count).